The van der Waals surface area contributed by atoms with E-state index in [4.69, 9.17) is 5.26 Å². The molecule has 0 aliphatic carbocycles. The molecule has 4 nitrogen and oxygen atoms in total. The summed E-state index contributed by atoms with van der Waals surface area (Å²) in [6.07, 6.45) is 2.20. The number of carbonyl (C=O) groups excluding carboxylic acids is 1. The molecule has 0 fully saturated rings. The number of nitrogens with zero attached hydrogens (tertiary/aromatic N) is 2. The molecule has 0 radical (unpaired) electrons. The highest BCUT2D eigenvalue weighted by molar-refractivity contribution is 5.88. The number of nitrogens with one attached hydrogen (secondary N) is 1. The molecule has 1 atom stereocenters. The highest BCUT2D eigenvalue weighted by Gasteiger charge is 2.22. The van der Waals surface area contributed by atoms with Gasteiger partial charge in [0.25, 0.3) is 0 Å². The Kier molecular flexibility index (Phi) is 3.73. The number of fused-ring (bicyclic) bond motifs is 1. The van der Waals surface area contributed by atoms with Crippen LogP contribution in [0.4, 0.5) is 0 Å². The van der Waals surface area contributed by atoms with Crippen LogP contribution in [0.2, 0.25) is 0 Å². The van der Waals surface area contributed by atoms with Crippen molar-refractivity contribution in [3.63, 3.8) is 0 Å². The Balaban J connectivity index is 2.27. The molecule has 4 heteroatoms. The van der Waals surface area contributed by atoms with Crippen LogP contribution in [0.1, 0.15) is 37.9 Å². The second-order valence-electron chi connectivity index (χ2n) is 4.27. The van der Waals surface area contributed by atoms with Crippen molar-refractivity contribution < 1.29 is 4.79 Å². The van der Waals surface area contributed by atoms with Gasteiger partial charge in [-0.3, -0.25) is 4.79 Å². The monoisotopic (exact) mass is 241 g/mol. The van der Waals surface area contributed by atoms with Crippen molar-refractivity contribution in [2.24, 2.45) is 0 Å². The van der Waals surface area contributed by atoms with Crippen molar-refractivity contribution >= 4 is 16.8 Å². The lowest BCUT2D eigenvalue weighted by atomic mass is 10.0. The second kappa shape index (κ2) is 5.46. The fourth-order valence-electron chi connectivity index (χ4n) is 1.89. The van der Waals surface area contributed by atoms with Crippen LogP contribution >= 0.6 is 0 Å². The molecule has 0 spiro atoms. The number of rotatable bonds is 5. The third-order valence-electron chi connectivity index (χ3n) is 2.91. The van der Waals surface area contributed by atoms with E-state index in [0.29, 0.717) is 12.2 Å². The van der Waals surface area contributed by atoms with E-state index in [-0.39, 0.29) is 5.78 Å². The summed E-state index contributed by atoms with van der Waals surface area (Å²) in [6, 6.07) is 9.57. The lowest BCUT2D eigenvalue weighted by Gasteiger charge is -2.03. The summed E-state index contributed by atoms with van der Waals surface area (Å²) in [6.45, 7) is 2.02. The minimum Gasteiger partial charge on any atom is -0.340 e. The summed E-state index contributed by atoms with van der Waals surface area (Å²) in [7, 11) is 0. The highest BCUT2D eigenvalue weighted by atomic mass is 16.1. The molecule has 2 rings (SSSR count). The number of hydrogen-bond donors (Lipinski definition) is 1. The first-order chi connectivity index (χ1) is 8.76. The average molecular weight is 241 g/mol. The highest BCUT2D eigenvalue weighted by Crippen LogP contribution is 2.19. The lowest BCUT2D eigenvalue weighted by molar-refractivity contribution is -0.119. The second-order valence-corrected chi connectivity index (χ2v) is 4.27. The van der Waals surface area contributed by atoms with E-state index in [1.54, 1.807) is 0 Å². The van der Waals surface area contributed by atoms with E-state index in [1.807, 2.05) is 37.3 Å². The van der Waals surface area contributed by atoms with E-state index in [1.165, 1.54) is 0 Å². The normalized spacial score (nSPS) is 12.2. The maximum absolute atomic E-state index is 11.9. The summed E-state index contributed by atoms with van der Waals surface area (Å²) >= 11 is 0. The average Bonchev–Trinajstić information content (AvgIpc) is 2.80. The number of hydrogen-bond acceptors (Lipinski definition) is 3. The lowest BCUT2D eigenvalue weighted by Crippen LogP contribution is -2.12. The summed E-state index contributed by atoms with van der Waals surface area (Å²) in [5, 5.41) is 9.14. The smallest absolute Gasteiger partial charge is 0.162 e. The number of nitriles is 1. The summed E-state index contributed by atoms with van der Waals surface area (Å²) in [5.41, 5.74) is 1.65. The minimum absolute atomic E-state index is 0.0570. The van der Waals surface area contributed by atoms with Gasteiger partial charge in [-0.05, 0) is 18.6 Å². The Labute approximate surface area is 106 Å². The molecule has 1 unspecified atom stereocenters. The van der Waals surface area contributed by atoms with Crippen LogP contribution in [0.15, 0.2) is 24.3 Å². The van der Waals surface area contributed by atoms with Gasteiger partial charge < -0.3 is 4.98 Å². The van der Waals surface area contributed by atoms with Gasteiger partial charge in [0.15, 0.2) is 11.7 Å². The van der Waals surface area contributed by atoms with Crippen molar-refractivity contribution in [2.45, 2.75) is 32.1 Å². The number of unbranched alkanes of at least 4 members (excludes halogenated alkanes) is 1. The first-order valence-corrected chi connectivity index (χ1v) is 6.13. The zero-order valence-electron chi connectivity index (χ0n) is 10.3. The quantitative estimate of drug-likeness (QED) is 0.874. The summed E-state index contributed by atoms with van der Waals surface area (Å²) in [5.74, 6) is -0.373. The molecular weight excluding hydrogens is 226 g/mol. The van der Waals surface area contributed by atoms with Crippen LogP contribution in [0.5, 0.6) is 0 Å². The molecule has 0 aliphatic rings. The van der Waals surface area contributed by atoms with E-state index < -0.39 is 5.92 Å². The van der Waals surface area contributed by atoms with Crippen molar-refractivity contribution in [2.75, 3.05) is 0 Å². The molecule has 92 valence electrons. The van der Waals surface area contributed by atoms with Crippen molar-refractivity contribution in [3.05, 3.63) is 30.1 Å². The van der Waals surface area contributed by atoms with Crippen LogP contribution < -0.4 is 0 Å². The molecule has 1 aromatic heterocycles. The summed E-state index contributed by atoms with van der Waals surface area (Å²) in [4.78, 5) is 19.3. The minimum atomic E-state index is -0.774. The summed E-state index contributed by atoms with van der Waals surface area (Å²) < 4.78 is 0. The molecule has 1 aromatic carbocycles. The Morgan fingerprint density at radius 3 is 2.94 bits per heavy atom. The molecule has 0 aliphatic heterocycles. The molecule has 0 bridgehead atoms. The van der Waals surface area contributed by atoms with Gasteiger partial charge in [-0.15, -0.1) is 0 Å². The molecular formula is C14H15N3O. The van der Waals surface area contributed by atoms with Gasteiger partial charge in [0.1, 0.15) is 5.82 Å². The van der Waals surface area contributed by atoms with Gasteiger partial charge in [0, 0.05) is 6.42 Å². The van der Waals surface area contributed by atoms with Gasteiger partial charge in [-0.2, -0.15) is 5.26 Å². The zero-order valence-corrected chi connectivity index (χ0v) is 10.3. The zero-order chi connectivity index (χ0) is 13.0. The van der Waals surface area contributed by atoms with Crippen LogP contribution in [0, 0.1) is 11.3 Å². The molecule has 0 amide bonds. The van der Waals surface area contributed by atoms with Crippen molar-refractivity contribution in [3.8, 4) is 6.07 Å². The Bertz CT molecular complexity index is 561. The Morgan fingerprint density at radius 1 is 1.50 bits per heavy atom. The number of aromatic nitrogens is 2. The van der Waals surface area contributed by atoms with E-state index in [9.17, 15) is 4.79 Å². The van der Waals surface area contributed by atoms with E-state index in [0.717, 1.165) is 23.9 Å². The topological polar surface area (TPSA) is 69.5 Å². The molecule has 1 heterocycles. The van der Waals surface area contributed by atoms with Crippen LogP contribution in [0.25, 0.3) is 11.0 Å². The van der Waals surface area contributed by atoms with Crippen molar-refractivity contribution in [1.82, 2.24) is 9.97 Å². The molecule has 0 saturated heterocycles. The van der Waals surface area contributed by atoms with E-state index in [2.05, 4.69) is 9.97 Å². The van der Waals surface area contributed by atoms with Gasteiger partial charge in [-0.25, -0.2) is 4.98 Å². The first-order valence-electron chi connectivity index (χ1n) is 6.13. The predicted octanol–water partition coefficient (Wildman–Crippen LogP) is 2.93. The number of imidazole rings is 1. The largest absolute Gasteiger partial charge is 0.340 e. The van der Waals surface area contributed by atoms with Crippen LogP contribution in [0.3, 0.4) is 0 Å². The number of ketones is 1. The third kappa shape index (κ3) is 2.40. The standard InChI is InChI=1S/C14H15N3O/c1-2-3-8-13(18)10(9-15)14-16-11-6-4-5-7-12(11)17-14/h4-7,10H,2-3,8H2,1H3,(H,16,17). The van der Waals surface area contributed by atoms with Crippen molar-refractivity contribution in [1.29, 1.82) is 5.26 Å². The van der Waals surface area contributed by atoms with Gasteiger partial charge in [0.2, 0.25) is 0 Å². The predicted molar refractivity (Wildman–Crippen MR) is 69.0 cm³/mol. The third-order valence-corrected chi connectivity index (χ3v) is 2.91. The maximum Gasteiger partial charge on any atom is 0.162 e. The maximum atomic E-state index is 11.9. The number of para-hydroxylation sites is 2. The van der Waals surface area contributed by atoms with Crippen LogP contribution in [-0.2, 0) is 4.79 Å². The number of Topliss-reactive ketones (excluding diaryl/α,β-unsaturated/α-hetero) is 1. The first kappa shape index (κ1) is 12.3. The van der Waals surface area contributed by atoms with E-state index >= 15 is 0 Å². The Hall–Kier alpha value is -2.15. The molecule has 2 aromatic rings. The van der Waals surface area contributed by atoms with Gasteiger partial charge >= 0.3 is 0 Å². The fourth-order valence-corrected chi connectivity index (χ4v) is 1.89. The van der Waals surface area contributed by atoms with Crippen LogP contribution in [-0.4, -0.2) is 15.8 Å². The Morgan fingerprint density at radius 2 is 2.28 bits per heavy atom. The molecule has 18 heavy (non-hydrogen) atoms. The number of carbonyl (C=O) groups is 1. The molecule has 1 N–H and O–H groups in total. The number of H-pyrrole nitrogens is 1. The van der Waals surface area contributed by atoms with Gasteiger partial charge in [0.05, 0.1) is 17.1 Å². The number of benzene rings is 1. The fraction of sp³-hybridized carbons (Fsp3) is 0.357. The molecule has 0 saturated carbocycles. The number of aromatic amines is 1. The van der Waals surface area contributed by atoms with Gasteiger partial charge in [-0.1, -0.05) is 25.5 Å². The SMILES string of the molecule is CCCCC(=O)C(C#N)c1nc2ccccc2[nH]1.